The van der Waals surface area contributed by atoms with Gasteiger partial charge in [-0.15, -0.1) is 0 Å². The molecule has 0 radical (unpaired) electrons. The first-order chi connectivity index (χ1) is 5.10. The minimum absolute atomic E-state index is 0.0384. The number of carbonyl (C=O) groups is 1. The highest BCUT2D eigenvalue weighted by atomic mass is 28.4. The van der Waals surface area contributed by atoms with Crippen LogP contribution in [0, 0.1) is 5.41 Å². The molecular weight excluding hydrogens is 168 g/mol. The summed E-state index contributed by atoms with van der Waals surface area (Å²) < 4.78 is 5.31. The van der Waals surface area contributed by atoms with Crippen LogP contribution in [-0.2, 0) is 9.22 Å². The summed E-state index contributed by atoms with van der Waals surface area (Å²) in [5, 5.41) is 0. The molecule has 0 aromatic heterocycles. The molecular formula is C9H20O2Si. The highest BCUT2D eigenvalue weighted by Gasteiger charge is 2.23. The smallest absolute Gasteiger partial charge is 0.292 e. The minimum Gasteiger partial charge on any atom is -0.520 e. The summed E-state index contributed by atoms with van der Waals surface area (Å²) in [6.07, 6.45) is 0.511. The molecule has 0 fully saturated rings. The zero-order valence-electron chi connectivity index (χ0n) is 9.02. The van der Waals surface area contributed by atoms with E-state index in [9.17, 15) is 4.79 Å². The number of hydrogen-bond donors (Lipinski definition) is 0. The SMILES string of the molecule is CC(C)(C)CC(=O)O[Si](C)(C)C. The summed E-state index contributed by atoms with van der Waals surface area (Å²) >= 11 is 0. The van der Waals surface area contributed by atoms with Crippen LogP contribution in [0.15, 0.2) is 0 Å². The van der Waals surface area contributed by atoms with Gasteiger partial charge >= 0.3 is 0 Å². The molecule has 12 heavy (non-hydrogen) atoms. The van der Waals surface area contributed by atoms with Crippen LogP contribution < -0.4 is 0 Å². The van der Waals surface area contributed by atoms with Crippen molar-refractivity contribution < 1.29 is 9.22 Å². The lowest BCUT2D eigenvalue weighted by molar-refractivity contribution is -0.137. The molecule has 0 aromatic carbocycles. The average molecular weight is 188 g/mol. The number of rotatable bonds is 2. The third-order valence-electron chi connectivity index (χ3n) is 1.09. The Morgan fingerprint density at radius 3 is 1.92 bits per heavy atom. The molecule has 0 saturated carbocycles. The summed E-state index contributed by atoms with van der Waals surface area (Å²) in [5.41, 5.74) is 0.0384. The zero-order valence-corrected chi connectivity index (χ0v) is 10.0. The monoisotopic (exact) mass is 188 g/mol. The van der Waals surface area contributed by atoms with Crippen LogP contribution in [-0.4, -0.2) is 14.3 Å². The molecule has 0 aliphatic heterocycles. The Labute approximate surface area is 76.4 Å². The van der Waals surface area contributed by atoms with E-state index >= 15 is 0 Å². The molecule has 0 heterocycles. The zero-order chi connectivity index (χ0) is 9.99. The van der Waals surface area contributed by atoms with Crippen LogP contribution in [0.3, 0.4) is 0 Å². The molecule has 0 unspecified atom stereocenters. The maximum absolute atomic E-state index is 11.3. The third-order valence-corrected chi connectivity index (χ3v) is 1.93. The fraction of sp³-hybridized carbons (Fsp3) is 0.889. The lowest BCUT2D eigenvalue weighted by Gasteiger charge is -2.22. The Kier molecular flexibility index (Phi) is 3.51. The van der Waals surface area contributed by atoms with Crippen molar-refractivity contribution in [3.63, 3.8) is 0 Å². The van der Waals surface area contributed by atoms with Gasteiger partial charge in [0, 0.05) is 6.42 Å². The van der Waals surface area contributed by atoms with E-state index in [0.717, 1.165) is 0 Å². The summed E-state index contributed by atoms with van der Waals surface area (Å²) in [7, 11) is -1.67. The van der Waals surface area contributed by atoms with Crippen molar-refractivity contribution in [3.8, 4) is 0 Å². The maximum atomic E-state index is 11.3. The van der Waals surface area contributed by atoms with Crippen molar-refractivity contribution in [3.05, 3.63) is 0 Å². The Morgan fingerprint density at radius 2 is 1.67 bits per heavy atom. The van der Waals surface area contributed by atoms with Crippen LogP contribution >= 0.6 is 0 Å². The van der Waals surface area contributed by atoms with Gasteiger partial charge in [0.1, 0.15) is 0 Å². The summed E-state index contributed by atoms with van der Waals surface area (Å²) in [4.78, 5) is 11.3. The van der Waals surface area contributed by atoms with E-state index in [2.05, 4.69) is 0 Å². The van der Waals surface area contributed by atoms with Gasteiger partial charge in [0.05, 0.1) is 0 Å². The molecule has 72 valence electrons. The summed E-state index contributed by atoms with van der Waals surface area (Å²) in [6.45, 7) is 12.2. The maximum Gasteiger partial charge on any atom is 0.292 e. The molecule has 0 aromatic rings. The average Bonchev–Trinajstić information content (AvgIpc) is 1.49. The van der Waals surface area contributed by atoms with Crippen molar-refractivity contribution in [2.45, 2.75) is 46.8 Å². The molecule has 2 nitrogen and oxygen atoms in total. The van der Waals surface area contributed by atoms with Crippen LogP contribution in [0.4, 0.5) is 0 Å². The van der Waals surface area contributed by atoms with Crippen molar-refractivity contribution in [2.75, 3.05) is 0 Å². The molecule has 0 bridgehead atoms. The van der Waals surface area contributed by atoms with Gasteiger partial charge in [0.15, 0.2) is 0 Å². The van der Waals surface area contributed by atoms with Crippen molar-refractivity contribution in [1.82, 2.24) is 0 Å². The second-order valence-electron chi connectivity index (χ2n) is 5.32. The van der Waals surface area contributed by atoms with Gasteiger partial charge in [0.25, 0.3) is 5.97 Å². The predicted molar refractivity (Wildman–Crippen MR) is 53.5 cm³/mol. The van der Waals surface area contributed by atoms with Gasteiger partial charge in [-0.2, -0.15) is 0 Å². The Balaban J connectivity index is 3.92. The van der Waals surface area contributed by atoms with E-state index in [-0.39, 0.29) is 11.4 Å². The van der Waals surface area contributed by atoms with E-state index in [1.165, 1.54) is 0 Å². The Bertz CT molecular complexity index is 144. The second kappa shape index (κ2) is 3.60. The van der Waals surface area contributed by atoms with Crippen LogP contribution in [0.5, 0.6) is 0 Å². The van der Waals surface area contributed by atoms with Crippen LogP contribution in [0.2, 0.25) is 19.6 Å². The molecule has 0 amide bonds. The van der Waals surface area contributed by atoms with Gasteiger partial charge in [-0.05, 0) is 25.1 Å². The lowest BCUT2D eigenvalue weighted by Crippen LogP contribution is -2.30. The standard InChI is InChI=1S/C9H20O2Si/c1-9(2,3)7-8(10)11-12(4,5)6/h7H2,1-6H3. The Hall–Kier alpha value is -0.313. The first kappa shape index (κ1) is 11.7. The van der Waals surface area contributed by atoms with E-state index < -0.39 is 8.32 Å². The van der Waals surface area contributed by atoms with Gasteiger partial charge in [-0.1, -0.05) is 20.8 Å². The molecule has 0 aliphatic carbocycles. The minimum atomic E-state index is -1.67. The lowest BCUT2D eigenvalue weighted by atomic mass is 9.93. The van der Waals surface area contributed by atoms with Crippen molar-refractivity contribution in [1.29, 1.82) is 0 Å². The Morgan fingerprint density at radius 1 is 1.25 bits per heavy atom. The van der Waals surface area contributed by atoms with Crippen LogP contribution in [0.1, 0.15) is 27.2 Å². The largest absolute Gasteiger partial charge is 0.520 e. The quantitative estimate of drug-likeness (QED) is 0.623. The van der Waals surface area contributed by atoms with E-state index in [1.54, 1.807) is 0 Å². The first-order valence-corrected chi connectivity index (χ1v) is 7.73. The highest BCUT2D eigenvalue weighted by molar-refractivity contribution is 6.71. The molecule has 0 atom stereocenters. The second-order valence-corrected chi connectivity index (χ2v) is 9.75. The summed E-state index contributed by atoms with van der Waals surface area (Å²) in [5.74, 6) is -0.0540. The summed E-state index contributed by atoms with van der Waals surface area (Å²) in [6, 6.07) is 0. The molecule has 0 aliphatic rings. The van der Waals surface area contributed by atoms with Gasteiger partial charge < -0.3 is 4.43 Å². The van der Waals surface area contributed by atoms with Crippen molar-refractivity contribution in [2.24, 2.45) is 5.41 Å². The van der Waals surface area contributed by atoms with Crippen LogP contribution in [0.25, 0.3) is 0 Å². The number of hydrogen-bond acceptors (Lipinski definition) is 2. The third kappa shape index (κ3) is 7.79. The fourth-order valence-electron chi connectivity index (χ4n) is 0.811. The number of carbonyl (C=O) groups excluding carboxylic acids is 1. The fourth-order valence-corrected chi connectivity index (χ4v) is 1.57. The topological polar surface area (TPSA) is 26.3 Å². The molecule has 0 rings (SSSR count). The molecule has 0 N–H and O–H groups in total. The van der Waals surface area contributed by atoms with E-state index in [1.807, 2.05) is 40.4 Å². The van der Waals surface area contributed by atoms with E-state index in [4.69, 9.17) is 4.43 Å². The van der Waals surface area contributed by atoms with Gasteiger partial charge in [-0.25, -0.2) is 0 Å². The van der Waals surface area contributed by atoms with E-state index in [0.29, 0.717) is 6.42 Å². The predicted octanol–water partition coefficient (Wildman–Crippen LogP) is 2.80. The van der Waals surface area contributed by atoms with Gasteiger partial charge in [-0.3, -0.25) is 4.79 Å². The normalized spacial score (nSPS) is 12.8. The van der Waals surface area contributed by atoms with Gasteiger partial charge in [0.2, 0.25) is 8.32 Å². The molecule has 0 saturated heterocycles. The van der Waals surface area contributed by atoms with Crippen molar-refractivity contribution >= 4 is 14.3 Å². The highest BCUT2D eigenvalue weighted by Crippen LogP contribution is 2.20. The molecule has 0 spiro atoms. The first-order valence-electron chi connectivity index (χ1n) is 4.32. The molecule has 3 heteroatoms.